The Hall–Kier alpha value is -0.720. The van der Waals surface area contributed by atoms with Crippen LogP contribution in [0.5, 0.6) is 0 Å². The summed E-state index contributed by atoms with van der Waals surface area (Å²) in [5.41, 5.74) is -0.0364. The first-order valence-electron chi connectivity index (χ1n) is 5.06. The molecule has 0 atom stereocenters. The molecular formula is C10H16ClNO4S. The number of halogens is 1. The molecule has 1 aliphatic rings. The molecule has 0 aliphatic carbocycles. The molecule has 1 aliphatic heterocycles. The van der Waals surface area contributed by atoms with Crippen molar-refractivity contribution in [2.45, 2.75) is 6.42 Å². The molecule has 0 spiro atoms. The Balaban J connectivity index is 0.00000256. The van der Waals surface area contributed by atoms with Crippen LogP contribution in [0.2, 0.25) is 0 Å². The fraction of sp³-hybridized carbons (Fsp3) is 0.600. The highest BCUT2D eigenvalue weighted by molar-refractivity contribution is 7.99. The monoisotopic (exact) mass is 281 g/mol. The van der Waals surface area contributed by atoms with E-state index < -0.39 is 11.9 Å². The van der Waals surface area contributed by atoms with Crippen LogP contribution in [0.25, 0.3) is 0 Å². The summed E-state index contributed by atoms with van der Waals surface area (Å²) in [7, 11) is 0. The second-order valence-electron chi connectivity index (χ2n) is 3.52. The van der Waals surface area contributed by atoms with Crippen molar-refractivity contribution >= 4 is 36.1 Å². The lowest BCUT2D eigenvalue weighted by atomic mass is 10.1. The fourth-order valence-electron chi connectivity index (χ4n) is 1.49. The third-order valence-electron chi connectivity index (χ3n) is 2.37. The summed E-state index contributed by atoms with van der Waals surface area (Å²) < 4.78 is 0. The highest BCUT2D eigenvalue weighted by Crippen LogP contribution is 2.11. The van der Waals surface area contributed by atoms with Crippen LogP contribution in [0.15, 0.2) is 11.6 Å². The van der Waals surface area contributed by atoms with Gasteiger partial charge in [0.1, 0.15) is 0 Å². The summed E-state index contributed by atoms with van der Waals surface area (Å²) in [6, 6.07) is 0. The van der Waals surface area contributed by atoms with Crippen molar-refractivity contribution in [2.24, 2.45) is 0 Å². The first kappa shape index (κ1) is 16.3. The lowest BCUT2D eigenvalue weighted by molar-refractivity contribution is -0.135. The Labute approximate surface area is 110 Å². The predicted octanol–water partition coefficient (Wildman–Crippen LogP) is 0.943. The molecule has 5 nitrogen and oxygen atoms in total. The Morgan fingerprint density at radius 3 is 2.29 bits per heavy atom. The van der Waals surface area contributed by atoms with Gasteiger partial charge in [-0.15, -0.1) is 12.4 Å². The molecule has 98 valence electrons. The maximum absolute atomic E-state index is 10.8. The van der Waals surface area contributed by atoms with E-state index in [0.717, 1.165) is 30.7 Å². The number of carboxylic acid groups (broad SMARTS) is 2. The maximum atomic E-state index is 10.8. The summed E-state index contributed by atoms with van der Waals surface area (Å²) in [5, 5.41) is 17.3. The molecule has 7 heteroatoms. The van der Waals surface area contributed by atoms with Crippen LogP contribution in [0.4, 0.5) is 0 Å². The van der Waals surface area contributed by atoms with Crippen LogP contribution in [-0.4, -0.2) is 58.2 Å². The van der Waals surface area contributed by atoms with Crippen molar-refractivity contribution in [1.82, 2.24) is 4.90 Å². The van der Waals surface area contributed by atoms with E-state index in [1.165, 1.54) is 0 Å². The Kier molecular flexibility index (Phi) is 8.03. The van der Waals surface area contributed by atoms with Crippen molar-refractivity contribution in [3.8, 4) is 0 Å². The van der Waals surface area contributed by atoms with Crippen LogP contribution >= 0.6 is 24.2 Å². The molecule has 1 heterocycles. The zero-order chi connectivity index (χ0) is 12.0. The maximum Gasteiger partial charge on any atom is 0.331 e. The van der Waals surface area contributed by atoms with E-state index in [1.807, 2.05) is 11.8 Å². The Morgan fingerprint density at radius 1 is 1.24 bits per heavy atom. The molecule has 0 aromatic heterocycles. The molecule has 0 saturated carbocycles. The summed E-state index contributed by atoms with van der Waals surface area (Å²) in [6.45, 7) is 2.52. The van der Waals surface area contributed by atoms with E-state index in [9.17, 15) is 9.59 Å². The molecule has 1 saturated heterocycles. The zero-order valence-electron chi connectivity index (χ0n) is 9.29. The minimum absolute atomic E-state index is 0. The molecular weight excluding hydrogens is 266 g/mol. The lowest BCUT2D eigenvalue weighted by Crippen LogP contribution is -2.33. The number of aliphatic carboxylic acids is 2. The van der Waals surface area contributed by atoms with E-state index >= 15 is 0 Å². The Morgan fingerprint density at radius 2 is 1.82 bits per heavy atom. The zero-order valence-corrected chi connectivity index (χ0v) is 10.9. The van der Waals surface area contributed by atoms with Gasteiger partial charge in [-0.05, 0) is 6.42 Å². The average Bonchev–Trinajstić information content (AvgIpc) is 2.25. The van der Waals surface area contributed by atoms with Crippen molar-refractivity contribution < 1.29 is 19.8 Å². The quantitative estimate of drug-likeness (QED) is 0.731. The van der Waals surface area contributed by atoms with Gasteiger partial charge in [0.25, 0.3) is 0 Å². The molecule has 17 heavy (non-hydrogen) atoms. The molecule has 1 fully saturated rings. The molecule has 1 rings (SSSR count). The van der Waals surface area contributed by atoms with E-state index in [1.54, 1.807) is 0 Å². The lowest BCUT2D eigenvalue weighted by Gasteiger charge is -2.25. The van der Waals surface area contributed by atoms with E-state index in [0.29, 0.717) is 6.54 Å². The average molecular weight is 282 g/mol. The topological polar surface area (TPSA) is 77.8 Å². The van der Waals surface area contributed by atoms with Gasteiger partial charge in [-0.1, -0.05) is 0 Å². The first-order chi connectivity index (χ1) is 7.59. The molecule has 0 bridgehead atoms. The van der Waals surface area contributed by atoms with Crippen molar-refractivity contribution in [3.05, 3.63) is 11.6 Å². The highest BCUT2D eigenvalue weighted by atomic mass is 35.5. The number of carbonyl (C=O) groups is 2. The van der Waals surface area contributed by atoms with Crippen LogP contribution < -0.4 is 0 Å². The normalized spacial score (nSPS) is 17.3. The van der Waals surface area contributed by atoms with Crippen molar-refractivity contribution in [2.75, 3.05) is 31.1 Å². The largest absolute Gasteiger partial charge is 0.478 e. The van der Waals surface area contributed by atoms with Gasteiger partial charge in [0.05, 0.1) is 0 Å². The van der Waals surface area contributed by atoms with E-state index in [4.69, 9.17) is 10.2 Å². The summed E-state index contributed by atoms with van der Waals surface area (Å²) in [6.07, 6.45) is 1.06. The molecule has 0 radical (unpaired) electrons. The molecule has 0 aromatic rings. The molecule has 0 aromatic carbocycles. The fourth-order valence-corrected chi connectivity index (χ4v) is 2.47. The van der Waals surface area contributed by atoms with Gasteiger partial charge in [0, 0.05) is 42.8 Å². The van der Waals surface area contributed by atoms with Gasteiger partial charge >= 0.3 is 11.9 Å². The minimum Gasteiger partial charge on any atom is -0.478 e. The van der Waals surface area contributed by atoms with Crippen molar-refractivity contribution in [3.63, 3.8) is 0 Å². The second-order valence-corrected chi connectivity index (χ2v) is 4.74. The highest BCUT2D eigenvalue weighted by Gasteiger charge is 2.14. The van der Waals surface area contributed by atoms with Crippen LogP contribution in [0.3, 0.4) is 0 Å². The van der Waals surface area contributed by atoms with Gasteiger partial charge < -0.3 is 15.1 Å². The number of nitrogens with zero attached hydrogens (tertiary/aromatic N) is 1. The van der Waals surface area contributed by atoms with Crippen LogP contribution in [-0.2, 0) is 9.59 Å². The van der Waals surface area contributed by atoms with Crippen molar-refractivity contribution in [1.29, 1.82) is 0 Å². The number of hydrogen-bond donors (Lipinski definition) is 2. The second kappa shape index (κ2) is 8.38. The predicted molar refractivity (Wildman–Crippen MR) is 69.0 cm³/mol. The molecule has 0 unspecified atom stereocenters. The minimum atomic E-state index is -1.20. The van der Waals surface area contributed by atoms with E-state index in [2.05, 4.69) is 4.90 Å². The van der Waals surface area contributed by atoms with Gasteiger partial charge in [-0.25, -0.2) is 9.59 Å². The number of carboxylic acids is 2. The SMILES string of the molecule is Cl.O=C(O)C=C(CCN1CCSCC1)C(=O)O. The molecule has 2 N–H and O–H groups in total. The van der Waals surface area contributed by atoms with Gasteiger partial charge in [0.2, 0.25) is 0 Å². The smallest absolute Gasteiger partial charge is 0.331 e. The number of rotatable bonds is 5. The van der Waals surface area contributed by atoms with Gasteiger partial charge in [0.15, 0.2) is 0 Å². The van der Waals surface area contributed by atoms with Gasteiger partial charge in [-0.3, -0.25) is 0 Å². The third-order valence-corrected chi connectivity index (χ3v) is 3.32. The van der Waals surface area contributed by atoms with Gasteiger partial charge in [-0.2, -0.15) is 11.8 Å². The standard InChI is InChI=1S/C10H15NO4S.ClH/c12-9(13)7-8(10(14)15)1-2-11-3-5-16-6-4-11;/h7H,1-6H2,(H,12,13)(H,14,15);1H. The van der Waals surface area contributed by atoms with Crippen LogP contribution in [0.1, 0.15) is 6.42 Å². The summed E-state index contributed by atoms with van der Waals surface area (Å²) in [4.78, 5) is 23.3. The third kappa shape index (κ3) is 6.55. The summed E-state index contributed by atoms with van der Waals surface area (Å²) in [5.74, 6) is -0.226. The van der Waals surface area contributed by atoms with Crippen LogP contribution in [0, 0.1) is 0 Å². The number of thioether (sulfide) groups is 1. The Bertz CT molecular complexity index is 303. The first-order valence-corrected chi connectivity index (χ1v) is 6.22. The summed E-state index contributed by atoms with van der Waals surface area (Å²) >= 11 is 1.88. The van der Waals surface area contributed by atoms with E-state index in [-0.39, 0.29) is 24.4 Å². The molecule has 0 amide bonds. The number of hydrogen-bond acceptors (Lipinski definition) is 4.